The zero-order valence-electron chi connectivity index (χ0n) is 16.6. The molecule has 1 aromatic heterocycles. The van der Waals surface area contributed by atoms with Crippen LogP contribution < -0.4 is 5.32 Å². The minimum Gasteiger partial charge on any atom is -0.359 e. The fourth-order valence-electron chi connectivity index (χ4n) is 4.97. The first-order chi connectivity index (χ1) is 13.5. The van der Waals surface area contributed by atoms with Crippen molar-refractivity contribution in [2.75, 3.05) is 20.1 Å². The number of piperidine rings is 1. The number of fused-ring (bicyclic) bond motifs is 2. The van der Waals surface area contributed by atoms with Crippen molar-refractivity contribution >= 4 is 11.8 Å². The van der Waals surface area contributed by atoms with Crippen LogP contribution in [0.2, 0.25) is 0 Å². The van der Waals surface area contributed by atoms with E-state index in [9.17, 15) is 9.59 Å². The molecule has 0 bridgehead atoms. The summed E-state index contributed by atoms with van der Waals surface area (Å²) >= 11 is 0. The van der Waals surface area contributed by atoms with E-state index in [0.717, 1.165) is 38.0 Å². The van der Waals surface area contributed by atoms with Crippen LogP contribution in [0.4, 0.5) is 0 Å². The molecule has 1 N–H and O–H groups in total. The van der Waals surface area contributed by atoms with Gasteiger partial charge in [-0.2, -0.15) is 0 Å². The van der Waals surface area contributed by atoms with E-state index < -0.39 is 0 Å². The van der Waals surface area contributed by atoms with E-state index in [1.165, 1.54) is 11.1 Å². The maximum atomic E-state index is 12.9. The van der Waals surface area contributed by atoms with E-state index in [1.54, 1.807) is 13.1 Å². The molecular formula is C23H27N3O2. The Labute approximate surface area is 166 Å². The molecule has 1 aliphatic carbocycles. The molecule has 1 aliphatic heterocycles. The SMILES string of the molecule is CNC(=O)C[C@H]1CC2(CCN(C(=O)c3cccc(C)n3)CC2)c2ccccc21. The molecule has 2 heterocycles. The number of nitrogens with zero attached hydrogens (tertiary/aromatic N) is 2. The summed E-state index contributed by atoms with van der Waals surface area (Å²) in [6.07, 6.45) is 3.40. The third kappa shape index (κ3) is 3.30. The second-order valence-electron chi connectivity index (χ2n) is 8.10. The average Bonchev–Trinajstić information content (AvgIpc) is 3.01. The van der Waals surface area contributed by atoms with Gasteiger partial charge in [0.1, 0.15) is 5.69 Å². The minimum atomic E-state index is 0.0201. The molecule has 0 saturated carbocycles. The highest BCUT2D eigenvalue weighted by atomic mass is 16.2. The normalized spacial score (nSPS) is 20.1. The number of aryl methyl sites for hydroxylation is 1. The summed E-state index contributed by atoms with van der Waals surface area (Å²) < 4.78 is 0. The lowest BCUT2D eigenvalue weighted by molar-refractivity contribution is -0.121. The first-order valence-corrected chi connectivity index (χ1v) is 10.1. The largest absolute Gasteiger partial charge is 0.359 e. The van der Waals surface area contributed by atoms with Crippen LogP contribution in [-0.2, 0) is 10.2 Å². The van der Waals surface area contributed by atoms with Crippen LogP contribution in [-0.4, -0.2) is 41.8 Å². The molecule has 1 spiro atoms. The molecule has 0 radical (unpaired) electrons. The molecular weight excluding hydrogens is 350 g/mol. The Kier molecular flexibility index (Phi) is 4.92. The van der Waals surface area contributed by atoms with E-state index in [4.69, 9.17) is 0 Å². The number of nitrogens with one attached hydrogen (secondary N) is 1. The first kappa shape index (κ1) is 18.7. The van der Waals surface area contributed by atoms with Gasteiger partial charge in [0.2, 0.25) is 5.91 Å². The Morgan fingerprint density at radius 3 is 2.61 bits per heavy atom. The molecule has 1 atom stereocenters. The van der Waals surface area contributed by atoms with E-state index in [0.29, 0.717) is 12.1 Å². The molecule has 4 rings (SSSR count). The van der Waals surface area contributed by atoms with Gasteiger partial charge < -0.3 is 10.2 Å². The summed E-state index contributed by atoms with van der Waals surface area (Å²) in [5, 5.41) is 2.76. The van der Waals surface area contributed by atoms with Crippen molar-refractivity contribution in [2.24, 2.45) is 0 Å². The topological polar surface area (TPSA) is 62.3 Å². The molecule has 0 unspecified atom stereocenters. The second-order valence-corrected chi connectivity index (χ2v) is 8.10. The lowest BCUT2D eigenvalue weighted by atomic mass is 9.73. The number of carbonyl (C=O) groups excluding carboxylic acids is 2. The molecule has 1 saturated heterocycles. The van der Waals surface area contributed by atoms with Gasteiger partial charge in [-0.1, -0.05) is 30.3 Å². The third-order valence-corrected chi connectivity index (χ3v) is 6.43. The maximum absolute atomic E-state index is 12.9. The van der Waals surface area contributed by atoms with Crippen LogP contribution in [0, 0.1) is 6.92 Å². The predicted molar refractivity (Wildman–Crippen MR) is 108 cm³/mol. The van der Waals surface area contributed by atoms with Gasteiger partial charge in [0, 0.05) is 32.3 Å². The van der Waals surface area contributed by atoms with E-state index >= 15 is 0 Å². The summed E-state index contributed by atoms with van der Waals surface area (Å²) in [5.41, 5.74) is 4.16. The quantitative estimate of drug-likeness (QED) is 0.894. The van der Waals surface area contributed by atoms with E-state index in [-0.39, 0.29) is 23.1 Å². The van der Waals surface area contributed by atoms with Gasteiger partial charge in [-0.3, -0.25) is 9.59 Å². The second kappa shape index (κ2) is 7.38. The van der Waals surface area contributed by atoms with Crippen LogP contribution >= 0.6 is 0 Å². The van der Waals surface area contributed by atoms with Crippen LogP contribution in [0.25, 0.3) is 0 Å². The van der Waals surface area contributed by atoms with Crippen molar-refractivity contribution < 1.29 is 9.59 Å². The van der Waals surface area contributed by atoms with Gasteiger partial charge in [-0.25, -0.2) is 4.98 Å². The third-order valence-electron chi connectivity index (χ3n) is 6.43. The van der Waals surface area contributed by atoms with E-state index in [1.807, 2.05) is 24.0 Å². The number of benzene rings is 1. The van der Waals surface area contributed by atoms with Crippen molar-refractivity contribution in [1.29, 1.82) is 0 Å². The summed E-state index contributed by atoms with van der Waals surface area (Å²) in [7, 11) is 1.70. The van der Waals surface area contributed by atoms with Crippen LogP contribution in [0.1, 0.15) is 58.9 Å². The van der Waals surface area contributed by atoms with Crippen LogP contribution in [0.5, 0.6) is 0 Å². The van der Waals surface area contributed by atoms with Crippen molar-refractivity contribution in [3.8, 4) is 0 Å². The van der Waals surface area contributed by atoms with Gasteiger partial charge >= 0.3 is 0 Å². The number of amides is 2. The zero-order valence-corrected chi connectivity index (χ0v) is 16.6. The molecule has 5 nitrogen and oxygen atoms in total. The number of hydrogen-bond acceptors (Lipinski definition) is 3. The summed E-state index contributed by atoms with van der Waals surface area (Å²) in [6.45, 7) is 3.37. The highest BCUT2D eigenvalue weighted by molar-refractivity contribution is 5.92. The zero-order chi connectivity index (χ0) is 19.7. The van der Waals surface area contributed by atoms with Gasteiger partial charge in [0.05, 0.1) is 0 Å². The molecule has 2 aliphatic rings. The number of carbonyl (C=O) groups is 2. The molecule has 2 amide bonds. The van der Waals surface area contributed by atoms with Gasteiger partial charge in [-0.05, 0) is 60.8 Å². The number of pyridine rings is 1. The summed E-state index contributed by atoms with van der Waals surface area (Å²) in [4.78, 5) is 31.2. The summed E-state index contributed by atoms with van der Waals surface area (Å²) in [6, 6.07) is 14.1. The Hall–Kier alpha value is -2.69. The average molecular weight is 377 g/mol. The lowest BCUT2D eigenvalue weighted by Crippen LogP contribution is -2.44. The molecule has 1 fully saturated rings. The number of rotatable bonds is 3. The number of likely N-dealkylation sites (tertiary alicyclic amines) is 1. The molecule has 1 aromatic carbocycles. The fraction of sp³-hybridized carbons (Fsp3) is 0.435. The number of hydrogen-bond donors (Lipinski definition) is 1. The first-order valence-electron chi connectivity index (χ1n) is 10.1. The Balaban J connectivity index is 1.52. The monoisotopic (exact) mass is 377 g/mol. The van der Waals surface area contributed by atoms with Crippen molar-refractivity contribution in [2.45, 2.75) is 43.9 Å². The standard InChI is InChI=1S/C23H27N3O2/c1-16-6-5-9-20(25-16)22(28)26-12-10-23(11-13-26)15-17(14-21(27)24-2)18-7-3-4-8-19(18)23/h3-9,17H,10-15H2,1-2H3,(H,24,27)/t17-/m0/s1. The molecule has 28 heavy (non-hydrogen) atoms. The van der Waals surface area contributed by atoms with Gasteiger partial charge in [0.15, 0.2) is 0 Å². The highest BCUT2D eigenvalue weighted by Gasteiger charge is 2.46. The van der Waals surface area contributed by atoms with Crippen molar-refractivity contribution in [3.63, 3.8) is 0 Å². The summed E-state index contributed by atoms with van der Waals surface area (Å²) in [5.74, 6) is 0.374. The van der Waals surface area contributed by atoms with E-state index in [2.05, 4.69) is 34.6 Å². The molecule has 2 aromatic rings. The molecule has 5 heteroatoms. The highest BCUT2D eigenvalue weighted by Crippen LogP contribution is 2.52. The van der Waals surface area contributed by atoms with Crippen molar-refractivity contribution in [1.82, 2.24) is 15.2 Å². The smallest absolute Gasteiger partial charge is 0.272 e. The lowest BCUT2D eigenvalue weighted by Gasteiger charge is -2.40. The minimum absolute atomic E-state index is 0.0201. The Morgan fingerprint density at radius 2 is 1.89 bits per heavy atom. The maximum Gasteiger partial charge on any atom is 0.272 e. The number of aromatic nitrogens is 1. The Morgan fingerprint density at radius 1 is 1.14 bits per heavy atom. The fourth-order valence-corrected chi connectivity index (χ4v) is 4.97. The predicted octanol–water partition coefficient (Wildman–Crippen LogP) is 3.19. The Bertz CT molecular complexity index is 900. The van der Waals surface area contributed by atoms with Crippen molar-refractivity contribution in [3.05, 3.63) is 65.0 Å². The van der Waals surface area contributed by atoms with Crippen LogP contribution in [0.15, 0.2) is 42.5 Å². The van der Waals surface area contributed by atoms with Gasteiger partial charge in [-0.15, -0.1) is 0 Å². The van der Waals surface area contributed by atoms with Crippen LogP contribution in [0.3, 0.4) is 0 Å². The molecule has 146 valence electrons. The van der Waals surface area contributed by atoms with Gasteiger partial charge in [0.25, 0.3) is 5.91 Å².